The monoisotopic (exact) mass is 438 g/mol. The van der Waals surface area contributed by atoms with Crippen LogP contribution >= 0.6 is 11.3 Å². The van der Waals surface area contributed by atoms with Gasteiger partial charge in [0.25, 0.3) is 0 Å². The van der Waals surface area contributed by atoms with E-state index >= 15 is 0 Å². The zero-order valence-corrected chi connectivity index (χ0v) is 18.7. The first-order valence-corrected chi connectivity index (χ1v) is 12.2. The molecular weight excluding hydrogens is 408 g/mol. The summed E-state index contributed by atoms with van der Waals surface area (Å²) in [6.07, 6.45) is 5.43. The molecule has 2 fully saturated rings. The number of fused-ring (bicyclic) bond motifs is 1. The summed E-state index contributed by atoms with van der Waals surface area (Å²) in [5.41, 5.74) is 2.39. The number of nitrogens with one attached hydrogen (secondary N) is 1. The van der Waals surface area contributed by atoms with E-state index in [2.05, 4.69) is 45.9 Å². The van der Waals surface area contributed by atoms with Crippen LogP contribution in [-0.4, -0.2) is 60.4 Å². The third-order valence-corrected chi connectivity index (χ3v) is 6.96. The van der Waals surface area contributed by atoms with Crippen LogP contribution in [0.5, 0.6) is 0 Å². The van der Waals surface area contributed by atoms with Crippen LogP contribution in [0.4, 0.5) is 5.82 Å². The fourth-order valence-electron chi connectivity index (χ4n) is 4.42. The van der Waals surface area contributed by atoms with Crippen LogP contribution in [0.3, 0.4) is 0 Å². The molecule has 5 rings (SSSR count). The van der Waals surface area contributed by atoms with Gasteiger partial charge in [0.2, 0.25) is 0 Å². The Morgan fingerprint density at radius 3 is 2.71 bits per heavy atom. The molecule has 1 saturated heterocycles. The Labute approximate surface area is 187 Å². The quantitative estimate of drug-likeness (QED) is 0.520. The van der Waals surface area contributed by atoms with Gasteiger partial charge in [-0.25, -0.2) is 9.97 Å². The molecule has 1 aliphatic heterocycles. The molecule has 1 N–H and O–H groups in total. The molecule has 2 aliphatic rings. The minimum atomic E-state index is 0.435. The molecule has 0 spiro atoms. The summed E-state index contributed by atoms with van der Waals surface area (Å²) >= 11 is 1.69. The fourth-order valence-corrected chi connectivity index (χ4v) is 5.39. The molecule has 1 aromatic carbocycles. The van der Waals surface area contributed by atoms with Crippen molar-refractivity contribution in [3.63, 3.8) is 0 Å². The number of aromatic nitrogens is 2. The molecule has 1 aliphatic carbocycles. The molecule has 0 radical (unpaired) electrons. The summed E-state index contributed by atoms with van der Waals surface area (Å²) in [6, 6.07) is 10.5. The van der Waals surface area contributed by atoms with Crippen LogP contribution in [-0.2, 0) is 16.0 Å². The molecule has 31 heavy (non-hydrogen) atoms. The van der Waals surface area contributed by atoms with Gasteiger partial charge < -0.3 is 14.8 Å². The minimum absolute atomic E-state index is 0.435. The third-order valence-electron chi connectivity index (χ3n) is 6.08. The third kappa shape index (κ3) is 5.06. The normalized spacial score (nSPS) is 18.1. The smallest absolute Gasteiger partial charge is 0.146 e. The van der Waals surface area contributed by atoms with Crippen molar-refractivity contribution in [1.82, 2.24) is 14.9 Å². The Morgan fingerprint density at radius 2 is 1.90 bits per heavy atom. The number of morpholine rings is 1. The first-order valence-electron chi connectivity index (χ1n) is 11.4. The number of nitrogens with zero attached hydrogens (tertiary/aromatic N) is 3. The highest BCUT2D eigenvalue weighted by molar-refractivity contribution is 7.17. The van der Waals surface area contributed by atoms with Crippen LogP contribution in [0, 0.1) is 0 Å². The highest BCUT2D eigenvalue weighted by Crippen LogP contribution is 2.37. The van der Waals surface area contributed by atoms with Gasteiger partial charge in [-0.05, 0) is 18.4 Å². The van der Waals surface area contributed by atoms with Crippen LogP contribution in [0.15, 0.2) is 35.7 Å². The predicted octanol–water partition coefficient (Wildman–Crippen LogP) is 4.56. The van der Waals surface area contributed by atoms with E-state index in [0.717, 1.165) is 61.3 Å². The highest BCUT2D eigenvalue weighted by atomic mass is 32.1. The maximum atomic E-state index is 6.06. The van der Waals surface area contributed by atoms with E-state index < -0.39 is 0 Å². The first-order chi connectivity index (χ1) is 15.4. The van der Waals surface area contributed by atoms with E-state index in [4.69, 9.17) is 19.4 Å². The molecule has 0 amide bonds. The van der Waals surface area contributed by atoms with Gasteiger partial charge in [-0.3, -0.25) is 4.90 Å². The average Bonchev–Trinajstić information content (AvgIpc) is 3.48. The van der Waals surface area contributed by atoms with Crippen LogP contribution in [0.2, 0.25) is 0 Å². The lowest BCUT2D eigenvalue weighted by Gasteiger charge is -2.25. The van der Waals surface area contributed by atoms with Crippen LogP contribution in [0.1, 0.15) is 31.5 Å². The molecule has 1 saturated carbocycles. The van der Waals surface area contributed by atoms with Crippen molar-refractivity contribution in [2.75, 3.05) is 44.8 Å². The second-order valence-corrected chi connectivity index (χ2v) is 9.13. The summed E-state index contributed by atoms with van der Waals surface area (Å²) < 4.78 is 11.5. The standard InChI is InChI=1S/C24H30N4O2S/c1-2-6-18(7-3-1)20-17-31-24-22(20)23(25-10-13-30-19-8-4-5-9-19)26-21(27-24)16-28-11-14-29-15-12-28/h1-3,6-7,17,19H,4-5,8-16H2,(H,25,26,27). The minimum Gasteiger partial charge on any atom is -0.379 e. The van der Waals surface area contributed by atoms with E-state index in [1.54, 1.807) is 11.3 Å². The second kappa shape index (κ2) is 10.0. The van der Waals surface area contributed by atoms with Crippen molar-refractivity contribution >= 4 is 27.4 Å². The highest BCUT2D eigenvalue weighted by Gasteiger charge is 2.19. The largest absolute Gasteiger partial charge is 0.379 e. The maximum absolute atomic E-state index is 6.06. The van der Waals surface area contributed by atoms with Gasteiger partial charge >= 0.3 is 0 Å². The van der Waals surface area contributed by atoms with Gasteiger partial charge in [0.15, 0.2) is 0 Å². The van der Waals surface area contributed by atoms with Gasteiger partial charge in [-0.2, -0.15) is 0 Å². The summed E-state index contributed by atoms with van der Waals surface area (Å²) in [5.74, 6) is 1.79. The van der Waals surface area contributed by atoms with Gasteiger partial charge in [0.05, 0.1) is 37.9 Å². The number of benzene rings is 1. The van der Waals surface area contributed by atoms with Crippen molar-refractivity contribution in [3.8, 4) is 11.1 Å². The van der Waals surface area contributed by atoms with Crippen molar-refractivity contribution in [2.45, 2.75) is 38.3 Å². The summed E-state index contributed by atoms with van der Waals surface area (Å²) in [7, 11) is 0. The van der Waals surface area contributed by atoms with Crippen molar-refractivity contribution < 1.29 is 9.47 Å². The van der Waals surface area contributed by atoms with Gasteiger partial charge in [0, 0.05) is 30.6 Å². The first kappa shape index (κ1) is 20.8. The molecule has 6 nitrogen and oxygen atoms in total. The number of ether oxygens (including phenoxy) is 2. The van der Waals surface area contributed by atoms with Crippen molar-refractivity contribution in [3.05, 3.63) is 41.5 Å². The zero-order valence-electron chi connectivity index (χ0n) is 17.9. The van der Waals surface area contributed by atoms with E-state index in [9.17, 15) is 0 Å². The van der Waals surface area contributed by atoms with Gasteiger partial charge in [-0.15, -0.1) is 11.3 Å². The Morgan fingerprint density at radius 1 is 1.10 bits per heavy atom. The lowest BCUT2D eigenvalue weighted by Crippen LogP contribution is -2.36. The predicted molar refractivity (Wildman–Crippen MR) is 126 cm³/mol. The summed E-state index contributed by atoms with van der Waals surface area (Å²) in [5, 5.41) is 6.89. The average molecular weight is 439 g/mol. The molecule has 164 valence electrons. The topological polar surface area (TPSA) is 59.5 Å². The van der Waals surface area contributed by atoms with E-state index in [1.165, 1.54) is 36.8 Å². The van der Waals surface area contributed by atoms with Gasteiger partial charge in [0.1, 0.15) is 16.5 Å². The number of rotatable bonds is 8. The Balaban J connectivity index is 1.39. The zero-order chi connectivity index (χ0) is 20.9. The fraction of sp³-hybridized carbons (Fsp3) is 0.500. The van der Waals surface area contributed by atoms with Crippen molar-refractivity contribution in [2.24, 2.45) is 0 Å². The molecule has 0 unspecified atom stereocenters. The van der Waals surface area contributed by atoms with Crippen LogP contribution < -0.4 is 5.32 Å². The molecular formula is C24H30N4O2S. The van der Waals surface area contributed by atoms with Crippen LogP contribution in [0.25, 0.3) is 21.3 Å². The second-order valence-electron chi connectivity index (χ2n) is 8.28. The number of anilines is 1. The Kier molecular flexibility index (Phi) is 6.74. The molecule has 0 bridgehead atoms. The molecule has 0 atom stereocenters. The Hall–Kier alpha value is -2.06. The summed E-state index contributed by atoms with van der Waals surface area (Å²) in [6.45, 7) is 5.64. The SMILES string of the molecule is c1ccc(-c2csc3nc(CN4CCOCC4)nc(NCCOC4CCCC4)c23)cc1. The summed E-state index contributed by atoms with van der Waals surface area (Å²) in [4.78, 5) is 13.3. The molecule has 3 heterocycles. The lowest BCUT2D eigenvalue weighted by atomic mass is 10.1. The van der Waals surface area contributed by atoms with E-state index in [1.807, 2.05) is 0 Å². The Bertz CT molecular complexity index is 982. The van der Waals surface area contributed by atoms with E-state index in [0.29, 0.717) is 12.7 Å². The maximum Gasteiger partial charge on any atom is 0.146 e. The number of thiophene rings is 1. The lowest BCUT2D eigenvalue weighted by molar-refractivity contribution is 0.0331. The molecule has 2 aromatic heterocycles. The van der Waals surface area contributed by atoms with Gasteiger partial charge in [-0.1, -0.05) is 43.2 Å². The van der Waals surface area contributed by atoms with Crippen molar-refractivity contribution in [1.29, 1.82) is 0 Å². The van der Waals surface area contributed by atoms with E-state index in [-0.39, 0.29) is 0 Å². The number of hydrogen-bond donors (Lipinski definition) is 1. The molecule has 3 aromatic rings. The molecule has 7 heteroatoms. The number of hydrogen-bond acceptors (Lipinski definition) is 7.